The smallest absolute Gasteiger partial charge is 0.317 e. The van der Waals surface area contributed by atoms with Crippen molar-refractivity contribution in [2.45, 2.75) is 44.7 Å². The van der Waals surface area contributed by atoms with E-state index in [-0.39, 0.29) is 19.0 Å². The van der Waals surface area contributed by atoms with Gasteiger partial charge >= 0.3 is 6.03 Å². The summed E-state index contributed by atoms with van der Waals surface area (Å²) in [5.41, 5.74) is 0. The van der Waals surface area contributed by atoms with Gasteiger partial charge in [-0.15, -0.1) is 0 Å². The van der Waals surface area contributed by atoms with Gasteiger partial charge in [0, 0.05) is 25.4 Å². The van der Waals surface area contributed by atoms with Crippen molar-refractivity contribution in [1.29, 1.82) is 0 Å². The van der Waals surface area contributed by atoms with Gasteiger partial charge in [0.15, 0.2) is 0 Å². The van der Waals surface area contributed by atoms with E-state index in [1.54, 1.807) is 9.58 Å². The van der Waals surface area contributed by atoms with Crippen LogP contribution in [0.15, 0.2) is 6.33 Å². The highest BCUT2D eigenvalue weighted by atomic mass is 19.3. The Bertz CT molecular complexity index is 518. The molecule has 0 saturated heterocycles. The third-order valence-electron chi connectivity index (χ3n) is 4.31. The van der Waals surface area contributed by atoms with E-state index in [1.165, 1.54) is 6.33 Å². The number of nitrogens with one attached hydrogen (secondary N) is 1. The quantitative estimate of drug-likeness (QED) is 0.903. The molecule has 1 N–H and O–H groups in total. The van der Waals surface area contributed by atoms with E-state index < -0.39 is 11.8 Å². The molecule has 1 fully saturated rings. The fourth-order valence-electron chi connectivity index (χ4n) is 2.98. The van der Waals surface area contributed by atoms with Crippen LogP contribution in [0, 0.1) is 5.92 Å². The fourth-order valence-corrected chi connectivity index (χ4v) is 2.98. The second-order valence-corrected chi connectivity index (χ2v) is 5.71. The zero-order chi connectivity index (χ0) is 14.9. The average molecular weight is 299 g/mol. The highest BCUT2D eigenvalue weighted by molar-refractivity contribution is 5.74. The molecule has 2 aliphatic rings. The number of halogens is 2. The topological polar surface area (TPSA) is 63.1 Å². The summed E-state index contributed by atoms with van der Waals surface area (Å²) in [5, 5.41) is 6.69. The highest BCUT2D eigenvalue weighted by Crippen LogP contribution is 2.37. The van der Waals surface area contributed by atoms with Crippen LogP contribution < -0.4 is 5.32 Å². The zero-order valence-electron chi connectivity index (χ0n) is 11.8. The predicted octanol–water partition coefficient (Wildman–Crippen LogP) is 1.63. The maximum atomic E-state index is 13.7. The molecule has 2 amide bonds. The number of alkyl halides is 2. The van der Waals surface area contributed by atoms with Crippen molar-refractivity contribution < 1.29 is 13.6 Å². The minimum absolute atomic E-state index is 0.0367. The molecule has 1 unspecified atom stereocenters. The lowest BCUT2D eigenvalue weighted by Gasteiger charge is -2.32. The number of hydrogen-bond donors (Lipinski definition) is 1. The summed E-state index contributed by atoms with van der Waals surface area (Å²) in [6.07, 6.45) is 3.24. The van der Waals surface area contributed by atoms with Crippen molar-refractivity contribution in [1.82, 2.24) is 25.0 Å². The molecule has 0 aromatic carbocycles. The lowest BCUT2D eigenvalue weighted by molar-refractivity contribution is -0.0835. The maximum absolute atomic E-state index is 13.7. The second-order valence-electron chi connectivity index (χ2n) is 5.71. The fraction of sp³-hybridized carbons (Fsp3) is 0.769. The Hall–Kier alpha value is -1.73. The zero-order valence-corrected chi connectivity index (χ0v) is 11.8. The van der Waals surface area contributed by atoms with Crippen LogP contribution >= 0.6 is 0 Å². The summed E-state index contributed by atoms with van der Waals surface area (Å²) in [5.74, 6) is -2.68. The van der Waals surface area contributed by atoms with Gasteiger partial charge in [0.2, 0.25) is 0 Å². The van der Waals surface area contributed by atoms with Crippen molar-refractivity contribution in [3.63, 3.8) is 0 Å². The van der Waals surface area contributed by atoms with E-state index in [1.807, 2.05) is 0 Å². The summed E-state index contributed by atoms with van der Waals surface area (Å²) in [7, 11) is 0. The van der Waals surface area contributed by atoms with Crippen molar-refractivity contribution in [3.05, 3.63) is 12.2 Å². The molecule has 21 heavy (non-hydrogen) atoms. The van der Waals surface area contributed by atoms with Gasteiger partial charge in [-0.1, -0.05) is 6.42 Å². The van der Waals surface area contributed by atoms with Gasteiger partial charge in [0.05, 0.1) is 13.1 Å². The largest absolute Gasteiger partial charge is 0.337 e. The lowest BCUT2D eigenvalue weighted by atomic mass is 9.85. The van der Waals surface area contributed by atoms with Crippen LogP contribution in [0.1, 0.15) is 31.5 Å². The summed E-state index contributed by atoms with van der Waals surface area (Å²) in [4.78, 5) is 17.8. The highest BCUT2D eigenvalue weighted by Gasteiger charge is 2.41. The van der Waals surface area contributed by atoms with Crippen molar-refractivity contribution in [2.24, 2.45) is 5.92 Å². The standard InChI is InChI=1S/C13H19F2N5O/c14-13(15)4-2-1-3-10(13)7-16-12(21)19-5-6-20-11(8-19)17-9-18-20/h9-10H,1-8H2,(H,16,21). The molecule has 0 radical (unpaired) electrons. The Balaban J connectivity index is 1.53. The third kappa shape index (κ3) is 2.98. The molecule has 6 nitrogen and oxygen atoms in total. The minimum Gasteiger partial charge on any atom is -0.337 e. The van der Waals surface area contributed by atoms with Crippen molar-refractivity contribution in [3.8, 4) is 0 Å². The van der Waals surface area contributed by atoms with E-state index in [2.05, 4.69) is 15.4 Å². The summed E-state index contributed by atoms with van der Waals surface area (Å²) >= 11 is 0. The molecule has 1 atom stereocenters. The first-order valence-electron chi connectivity index (χ1n) is 7.33. The Labute approximate surface area is 121 Å². The number of carbonyl (C=O) groups is 1. The van der Waals surface area contributed by atoms with E-state index in [0.717, 1.165) is 12.2 Å². The molecule has 1 aliphatic heterocycles. The number of urea groups is 1. The van der Waals surface area contributed by atoms with Gasteiger partial charge in [-0.05, 0) is 12.8 Å². The maximum Gasteiger partial charge on any atom is 0.317 e. The van der Waals surface area contributed by atoms with E-state index in [0.29, 0.717) is 32.5 Å². The van der Waals surface area contributed by atoms with Gasteiger partial charge < -0.3 is 10.2 Å². The van der Waals surface area contributed by atoms with Gasteiger partial charge in [0.25, 0.3) is 5.92 Å². The van der Waals surface area contributed by atoms with Crippen LogP contribution in [-0.2, 0) is 13.1 Å². The Morgan fingerprint density at radius 2 is 2.29 bits per heavy atom. The second kappa shape index (κ2) is 5.57. The first-order valence-corrected chi connectivity index (χ1v) is 7.33. The molecule has 0 spiro atoms. The molecule has 1 aromatic rings. The van der Waals surface area contributed by atoms with E-state index >= 15 is 0 Å². The van der Waals surface area contributed by atoms with Crippen molar-refractivity contribution >= 4 is 6.03 Å². The predicted molar refractivity (Wildman–Crippen MR) is 70.7 cm³/mol. The molecule has 3 rings (SSSR count). The van der Waals surface area contributed by atoms with E-state index in [4.69, 9.17) is 0 Å². The van der Waals surface area contributed by atoms with Crippen LogP contribution in [0.5, 0.6) is 0 Å². The molecule has 116 valence electrons. The van der Waals surface area contributed by atoms with Crippen LogP contribution in [0.4, 0.5) is 13.6 Å². The molecule has 0 bridgehead atoms. The van der Waals surface area contributed by atoms with Crippen LogP contribution in [0.25, 0.3) is 0 Å². The molecular formula is C13H19F2N5O. The number of rotatable bonds is 2. The van der Waals surface area contributed by atoms with Crippen molar-refractivity contribution in [2.75, 3.05) is 13.1 Å². The number of nitrogens with zero attached hydrogens (tertiary/aromatic N) is 4. The molecule has 2 heterocycles. The number of carbonyl (C=O) groups excluding carboxylic acids is 1. The van der Waals surface area contributed by atoms with Gasteiger partial charge in [0.1, 0.15) is 12.2 Å². The minimum atomic E-state index is -2.66. The molecule has 8 heteroatoms. The first kappa shape index (κ1) is 14.2. The molecule has 1 saturated carbocycles. The van der Waals surface area contributed by atoms with Gasteiger partial charge in [-0.25, -0.2) is 23.2 Å². The number of amides is 2. The summed E-state index contributed by atoms with van der Waals surface area (Å²) in [6.45, 7) is 1.51. The Kier molecular flexibility index (Phi) is 3.77. The Morgan fingerprint density at radius 3 is 3.10 bits per heavy atom. The van der Waals surface area contributed by atoms with Crippen LogP contribution in [-0.4, -0.2) is 44.7 Å². The summed E-state index contributed by atoms with van der Waals surface area (Å²) in [6, 6.07) is -0.300. The molecular weight excluding hydrogens is 280 g/mol. The monoisotopic (exact) mass is 299 g/mol. The third-order valence-corrected chi connectivity index (χ3v) is 4.31. The average Bonchev–Trinajstić information content (AvgIpc) is 2.92. The van der Waals surface area contributed by atoms with Crippen LogP contribution in [0.3, 0.4) is 0 Å². The number of hydrogen-bond acceptors (Lipinski definition) is 3. The van der Waals surface area contributed by atoms with Gasteiger partial charge in [-0.3, -0.25) is 0 Å². The molecule has 1 aromatic heterocycles. The van der Waals surface area contributed by atoms with E-state index in [9.17, 15) is 13.6 Å². The summed E-state index contributed by atoms with van der Waals surface area (Å²) < 4.78 is 29.2. The molecule has 1 aliphatic carbocycles. The SMILES string of the molecule is O=C(NCC1CCCCC1(F)F)N1CCn2ncnc2C1. The lowest BCUT2D eigenvalue weighted by Crippen LogP contribution is -2.48. The normalized spacial score (nSPS) is 24.5. The first-order chi connectivity index (χ1) is 10.1. The number of aromatic nitrogens is 3. The Morgan fingerprint density at radius 1 is 1.43 bits per heavy atom. The van der Waals surface area contributed by atoms with Crippen LogP contribution in [0.2, 0.25) is 0 Å². The number of fused-ring (bicyclic) bond motifs is 1. The van der Waals surface area contributed by atoms with Gasteiger partial charge in [-0.2, -0.15) is 5.10 Å².